The average molecular weight is 289 g/mol. The highest BCUT2D eigenvalue weighted by Gasteiger charge is 2.12. The molecule has 0 bridgehead atoms. The topological polar surface area (TPSA) is 29.9 Å². The van der Waals surface area contributed by atoms with E-state index in [2.05, 4.69) is 24.3 Å². The van der Waals surface area contributed by atoms with Crippen molar-refractivity contribution in [1.82, 2.24) is 15.1 Å². The van der Waals surface area contributed by atoms with Gasteiger partial charge in [0.25, 0.3) is 0 Å². The lowest BCUT2D eigenvalue weighted by Crippen LogP contribution is -2.14. The first kappa shape index (κ1) is 15.7. The second-order valence-corrected chi connectivity index (χ2v) is 5.37. The first-order valence-corrected chi connectivity index (χ1v) is 7.69. The monoisotopic (exact) mass is 289 g/mol. The number of aromatic nitrogens is 2. The summed E-state index contributed by atoms with van der Waals surface area (Å²) in [7, 11) is 0. The molecule has 0 radical (unpaired) electrons. The molecular weight excluding hydrogens is 265 g/mol. The lowest BCUT2D eigenvalue weighted by atomic mass is 10.00. The van der Waals surface area contributed by atoms with Crippen LogP contribution in [0.3, 0.4) is 0 Å². The predicted octanol–water partition coefficient (Wildman–Crippen LogP) is 3.91. The Labute approximate surface area is 126 Å². The van der Waals surface area contributed by atoms with Gasteiger partial charge in [-0.3, -0.25) is 4.68 Å². The van der Waals surface area contributed by atoms with Gasteiger partial charge in [-0.1, -0.05) is 19.9 Å². The second-order valence-electron chi connectivity index (χ2n) is 5.37. The standard InChI is InChI=1S/C17H24FN3/c1-4-8-19-11-14-6-7-15(18)10-16(14)17-12-21(9-5-2)20-13(17)3/h6-7,10,12,19H,4-5,8-9,11H2,1-3H3. The number of nitrogens with zero attached hydrogens (tertiary/aromatic N) is 2. The van der Waals surface area contributed by atoms with Crippen molar-refractivity contribution in [1.29, 1.82) is 0 Å². The van der Waals surface area contributed by atoms with Gasteiger partial charge < -0.3 is 5.32 Å². The van der Waals surface area contributed by atoms with E-state index in [1.54, 1.807) is 6.07 Å². The molecule has 3 nitrogen and oxygen atoms in total. The SMILES string of the molecule is CCCNCc1ccc(F)cc1-c1cn(CCC)nc1C. The summed E-state index contributed by atoms with van der Waals surface area (Å²) in [5.41, 5.74) is 4.03. The van der Waals surface area contributed by atoms with Gasteiger partial charge in [-0.25, -0.2) is 4.39 Å². The molecule has 114 valence electrons. The molecule has 2 aromatic rings. The van der Waals surface area contributed by atoms with Gasteiger partial charge in [-0.15, -0.1) is 0 Å². The normalized spacial score (nSPS) is 11.0. The van der Waals surface area contributed by atoms with Crippen molar-refractivity contribution >= 4 is 0 Å². The van der Waals surface area contributed by atoms with E-state index >= 15 is 0 Å². The summed E-state index contributed by atoms with van der Waals surface area (Å²) in [6, 6.07) is 5.01. The molecule has 1 aromatic heterocycles. The number of benzene rings is 1. The van der Waals surface area contributed by atoms with Crippen LogP contribution in [-0.2, 0) is 13.1 Å². The fraction of sp³-hybridized carbons (Fsp3) is 0.471. The molecule has 4 heteroatoms. The minimum atomic E-state index is -0.202. The van der Waals surface area contributed by atoms with Crippen LogP contribution in [0.4, 0.5) is 4.39 Å². The summed E-state index contributed by atoms with van der Waals surface area (Å²) < 4.78 is 15.6. The Morgan fingerprint density at radius 3 is 2.71 bits per heavy atom. The molecule has 0 spiro atoms. The van der Waals surface area contributed by atoms with Gasteiger partial charge in [-0.2, -0.15) is 5.10 Å². The van der Waals surface area contributed by atoms with Crippen LogP contribution in [0, 0.1) is 12.7 Å². The van der Waals surface area contributed by atoms with Crippen molar-refractivity contribution in [2.75, 3.05) is 6.54 Å². The molecule has 0 saturated carbocycles. The van der Waals surface area contributed by atoms with Crippen LogP contribution in [0.1, 0.15) is 37.9 Å². The summed E-state index contributed by atoms with van der Waals surface area (Å²) in [5, 5.41) is 7.90. The molecule has 0 unspecified atom stereocenters. The Morgan fingerprint density at radius 1 is 1.19 bits per heavy atom. The third-order valence-electron chi connectivity index (χ3n) is 3.50. The van der Waals surface area contributed by atoms with Crippen molar-refractivity contribution in [3.8, 4) is 11.1 Å². The van der Waals surface area contributed by atoms with Crippen LogP contribution in [0.15, 0.2) is 24.4 Å². The highest BCUT2D eigenvalue weighted by molar-refractivity contribution is 5.69. The number of halogens is 1. The molecule has 0 aliphatic heterocycles. The summed E-state index contributed by atoms with van der Waals surface area (Å²) in [6.45, 7) is 8.85. The van der Waals surface area contributed by atoms with Crippen molar-refractivity contribution in [2.24, 2.45) is 0 Å². The summed E-state index contributed by atoms with van der Waals surface area (Å²) >= 11 is 0. The third-order valence-corrected chi connectivity index (χ3v) is 3.50. The van der Waals surface area contributed by atoms with Crippen LogP contribution in [0.2, 0.25) is 0 Å². The van der Waals surface area contributed by atoms with Crippen LogP contribution in [0.25, 0.3) is 11.1 Å². The molecule has 0 atom stereocenters. The fourth-order valence-electron chi connectivity index (χ4n) is 2.48. The Balaban J connectivity index is 2.34. The average Bonchev–Trinajstić information content (AvgIpc) is 2.82. The largest absolute Gasteiger partial charge is 0.313 e. The lowest BCUT2D eigenvalue weighted by Gasteiger charge is -2.10. The Bertz CT molecular complexity index is 590. The smallest absolute Gasteiger partial charge is 0.123 e. The quantitative estimate of drug-likeness (QED) is 0.783. The van der Waals surface area contributed by atoms with Crippen LogP contribution >= 0.6 is 0 Å². The molecular formula is C17H24FN3. The Kier molecular flexibility index (Phi) is 5.51. The van der Waals surface area contributed by atoms with Gasteiger partial charge in [-0.05, 0) is 49.6 Å². The van der Waals surface area contributed by atoms with Crippen LogP contribution in [0.5, 0.6) is 0 Å². The van der Waals surface area contributed by atoms with Gasteiger partial charge in [0, 0.05) is 24.8 Å². The Morgan fingerprint density at radius 2 is 2.00 bits per heavy atom. The van der Waals surface area contributed by atoms with Gasteiger partial charge in [0.05, 0.1) is 5.69 Å². The molecule has 1 heterocycles. The maximum Gasteiger partial charge on any atom is 0.123 e. The molecule has 0 saturated heterocycles. The molecule has 1 N–H and O–H groups in total. The van der Waals surface area contributed by atoms with E-state index < -0.39 is 0 Å². The number of hydrogen-bond donors (Lipinski definition) is 1. The molecule has 21 heavy (non-hydrogen) atoms. The highest BCUT2D eigenvalue weighted by Crippen LogP contribution is 2.27. The van der Waals surface area contributed by atoms with E-state index in [4.69, 9.17) is 0 Å². The van der Waals surface area contributed by atoms with Crippen molar-refractivity contribution in [3.63, 3.8) is 0 Å². The zero-order chi connectivity index (χ0) is 15.2. The number of nitrogens with one attached hydrogen (secondary N) is 1. The van der Waals surface area contributed by atoms with Crippen molar-refractivity contribution in [3.05, 3.63) is 41.5 Å². The molecule has 0 amide bonds. The first-order valence-electron chi connectivity index (χ1n) is 7.69. The highest BCUT2D eigenvalue weighted by atomic mass is 19.1. The molecule has 1 aromatic carbocycles. The van der Waals surface area contributed by atoms with Gasteiger partial charge in [0.2, 0.25) is 0 Å². The maximum absolute atomic E-state index is 13.7. The molecule has 0 aliphatic rings. The third kappa shape index (κ3) is 3.91. The fourth-order valence-corrected chi connectivity index (χ4v) is 2.48. The van der Waals surface area contributed by atoms with Crippen molar-refractivity contribution < 1.29 is 4.39 Å². The van der Waals surface area contributed by atoms with Crippen molar-refractivity contribution in [2.45, 2.75) is 46.7 Å². The zero-order valence-corrected chi connectivity index (χ0v) is 13.1. The predicted molar refractivity (Wildman–Crippen MR) is 84.6 cm³/mol. The molecule has 0 fully saturated rings. The van der Waals surface area contributed by atoms with E-state index in [1.807, 2.05) is 23.9 Å². The number of hydrogen-bond acceptors (Lipinski definition) is 2. The second kappa shape index (κ2) is 7.36. The number of aryl methyl sites for hydroxylation is 2. The van der Waals surface area contributed by atoms with Crippen LogP contribution < -0.4 is 5.32 Å². The minimum Gasteiger partial charge on any atom is -0.313 e. The lowest BCUT2D eigenvalue weighted by molar-refractivity contribution is 0.598. The van der Waals surface area contributed by atoms with E-state index in [9.17, 15) is 4.39 Å². The molecule has 0 aliphatic carbocycles. The van der Waals surface area contributed by atoms with E-state index in [-0.39, 0.29) is 5.82 Å². The maximum atomic E-state index is 13.7. The summed E-state index contributed by atoms with van der Waals surface area (Å²) in [5.74, 6) is -0.202. The van der Waals surface area contributed by atoms with Crippen LogP contribution in [-0.4, -0.2) is 16.3 Å². The minimum absolute atomic E-state index is 0.202. The van der Waals surface area contributed by atoms with Gasteiger partial charge >= 0.3 is 0 Å². The zero-order valence-electron chi connectivity index (χ0n) is 13.1. The van der Waals surface area contributed by atoms with Gasteiger partial charge in [0.1, 0.15) is 5.82 Å². The van der Waals surface area contributed by atoms with E-state index in [0.717, 1.165) is 54.9 Å². The first-order chi connectivity index (χ1) is 10.2. The summed E-state index contributed by atoms with van der Waals surface area (Å²) in [6.07, 6.45) is 4.15. The van der Waals surface area contributed by atoms with Gasteiger partial charge in [0.15, 0.2) is 0 Å². The Hall–Kier alpha value is -1.68. The number of rotatable bonds is 7. The van der Waals surface area contributed by atoms with E-state index in [0.29, 0.717) is 0 Å². The summed E-state index contributed by atoms with van der Waals surface area (Å²) in [4.78, 5) is 0. The molecule has 2 rings (SSSR count). The van der Waals surface area contributed by atoms with E-state index in [1.165, 1.54) is 6.07 Å².